The first-order chi connectivity index (χ1) is 61.0. The number of nitrogens with zero attached hydrogens (tertiary/aromatic N) is 13. The molecule has 0 saturated carbocycles. The molecular formula is C97H99Cl2F2N23O2. The number of ketones is 1. The van der Waals surface area contributed by atoms with Crippen LogP contribution in [0.4, 0.5) is 67.7 Å². The highest BCUT2D eigenvalue weighted by Crippen LogP contribution is 2.36. The molecule has 8 aromatic carbocycles. The number of alkyl halides is 2. The summed E-state index contributed by atoms with van der Waals surface area (Å²) in [4.78, 5) is 67.0. The van der Waals surface area contributed by atoms with Crippen LogP contribution in [0.25, 0.3) is 61.9 Å². The Bertz CT molecular complexity index is 6160. The number of methoxy groups -OCH3 is 1. The minimum atomic E-state index is -2.47. The van der Waals surface area contributed by atoms with Gasteiger partial charge in [0.15, 0.2) is 5.78 Å². The van der Waals surface area contributed by atoms with Crippen LogP contribution >= 0.6 is 23.2 Å². The van der Waals surface area contributed by atoms with Crippen LogP contribution in [0.3, 0.4) is 0 Å². The number of pyridine rings is 1. The minimum absolute atomic E-state index is 0.00856. The molecule has 7 aromatic heterocycles. The van der Waals surface area contributed by atoms with Crippen LogP contribution in [0.2, 0.25) is 10.0 Å². The molecule has 1 aliphatic rings. The number of hydrogen-bond donors (Lipinski definition) is 10. The summed E-state index contributed by atoms with van der Waals surface area (Å²) in [6, 6.07) is 80.9. The largest absolute Gasteiger partial charge is 0.480 e. The van der Waals surface area contributed by atoms with E-state index in [9.17, 15) is 13.6 Å². The molecule has 0 spiro atoms. The Morgan fingerprint density at radius 2 is 0.944 bits per heavy atom. The summed E-state index contributed by atoms with van der Waals surface area (Å²) in [5, 5.41) is 12.7. The topological polar surface area (TPSA) is 398 Å². The second-order valence-electron chi connectivity index (χ2n) is 28.8. The molecule has 0 radical (unpaired) electrons. The average molecular weight is 1730 g/mol. The standard InChI is InChI=1S/C21H21N3O.C21H23N3.C18H18N4.C14H14N4.C12H11ClF2N4.C11H12ClN5O/c1-3-18-13-19(24-21(22)23-18)16-5-4-6-17(12-16)20(25)11-15-9-7-14(2)8-10-15;1-15-8-6-13-19(16(15)2)20-14-18(23-21(22)24-20)12-7-11-17-9-4-3-5-10-17;19-18-21-16(15-9-5-2-6-10-15)13-17(22-18)20-12-11-14-7-3-1-4-8-14;1-16-13-8-12(17-14(15)18-13)11-7-6-9-4-2-3-5-10(9)11;13-8-3-1-2-7(4-8)9-5-11(17-6-10(14)15)19-12(16)18-9;1-14-8-5-7(16-11(13)17-8)6-3-4-15-10(18-2)9(6)12/h4-10,12-13H,3,11H2,1-2H3,(H2,22,23,24);3-6,8-10,13-14H,7,11-12H2,1-2H3,(H2,22,23,24);1-10,13H,11-12H2,(H3,19,20,21,22);2-5,7-8H,6H2,1H3,(H3,15,16,17,18);1-5,10H,6H2,(H3,16,17,18,19);3-5H,1-2H3,(H3,13,14,16,17). The number of benzene rings is 8. The van der Waals surface area contributed by atoms with Crippen molar-refractivity contribution >= 4 is 93.5 Å². The average Bonchev–Trinajstić information content (AvgIpc) is 1.55. The van der Waals surface area contributed by atoms with E-state index in [0.29, 0.717) is 62.6 Å². The van der Waals surface area contributed by atoms with Gasteiger partial charge in [-0.05, 0) is 135 Å². The number of nitrogens with one attached hydrogen (secondary N) is 4. The van der Waals surface area contributed by atoms with Gasteiger partial charge in [-0.3, -0.25) is 4.79 Å². The number of hydrogen-bond acceptors (Lipinski definition) is 25. The molecule has 0 unspecified atom stereocenters. The van der Waals surface area contributed by atoms with Crippen LogP contribution in [0.1, 0.15) is 85.3 Å². The fourth-order valence-corrected chi connectivity index (χ4v) is 13.7. The Hall–Kier alpha value is -15.0. The van der Waals surface area contributed by atoms with Gasteiger partial charge in [0.2, 0.25) is 41.6 Å². The number of aromatic nitrogens is 13. The Morgan fingerprint density at radius 1 is 0.452 bits per heavy atom. The number of nitrogen functional groups attached to an aromatic ring is 6. The number of fused-ring (bicyclic) bond motifs is 1. The number of Topliss-reactive ketones (excluding diaryl/α,β-unsaturated/α-hetero) is 1. The maximum absolute atomic E-state index is 12.6. The number of ether oxygens (including phenoxy) is 1. The van der Waals surface area contributed by atoms with Crippen molar-refractivity contribution in [2.75, 3.05) is 90.0 Å². The fourth-order valence-electron chi connectivity index (χ4n) is 13.2. The molecule has 29 heteroatoms. The molecule has 7 heterocycles. The predicted molar refractivity (Wildman–Crippen MR) is 506 cm³/mol. The van der Waals surface area contributed by atoms with Crippen LogP contribution in [-0.4, -0.2) is 111 Å². The highest BCUT2D eigenvalue weighted by molar-refractivity contribution is 6.34. The van der Waals surface area contributed by atoms with Gasteiger partial charge in [0.1, 0.15) is 28.3 Å². The fraction of sp³-hybridized carbons (Fsp3) is 0.175. The second kappa shape index (κ2) is 45.8. The summed E-state index contributed by atoms with van der Waals surface area (Å²) < 4.78 is 29.3. The molecule has 126 heavy (non-hydrogen) atoms. The molecule has 1 aliphatic carbocycles. The van der Waals surface area contributed by atoms with E-state index in [4.69, 9.17) is 62.3 Å². The zero-order valence-electron chi connectivity index (χ0n) is 70.9. The first kappa shape index (κ1) is 91.8. The maximum atomic E-state index is 12.6. The van der Waals surface area contributed by atoms with Crippen molar-refractivity contribution in [2.45, 2.75) is 79.1 Å². The number of halogens is 4. The molecule has 0 aliphatic heterocycles. The zero-order chi connectivity index (χ0) is 89.4. The molecule has 16 rings (SSSR count). The smallest absolute Gasteiger partial charge is 0.255 e. The lowest BCUT2D eigenvalue weighted by Crippen LogP contribution is -2.12. The molecule has 642 valence electrons. The summed E-state index contributed by atoms with van der Waals surface area (Å²) in [5.74, 6) is 4.15. The summed E-state index contributed by atoms with van der Waals surface area (Å²) in [6.45, 7) is 8.60. The highest BCUT2D eigenvalue weighted by Gasteiger charge is 2.20. The number of carbonyl (C=O) groups is 1. The normalized spacial score (nSPS) is 10.9. The van der Waals surface area contributed by atoms with E-state index >= 15 is 0 Å². The molecule has 0 saturated heterocycles. The molecule has 0 amide bonds. The van der Waals surface area contributed by atoms with E-state index < -0.39 is 13.0 Å². The van der Waals surface area contributed by atoms with Crippen LogP contribution < -0.4 is 60.4 Å². The van der Waals surface area contributed by atoms with E-state index in [1.807, 2.05) is 148 Å². The molecule has 0 bridgehead atoms. The van der Waals surface area contributed by atoms with Crippen LogP contribution in [-0.2, 0) is 38.5 Å². The Morgan fingerprint density at radius 3 is 1.56 bits per heavy atom. The molecule has 16 N–H and O–H groups in total. The SMILES string of the molecule is CCc1cc(-c2cccc(C(=O)Cc3ccc(C)cc3)c2)nc(N)n1.CNc1cc(-c2ccnc(OC)c2Cl)nc(N)n1.CNc1cc(C2=CCc3ccccc32)nc(N)n1.Cc1cccc(-c2cc(CCCc3ccccc3)nc(N)n2)c1C.Nc1nc(NCC(F)F)cc(-c2cccc(Cl)c2)n1.Nc1nc(NCCc2ccccc2)cc(-c2ccccc2)n1. The van der Waals surface area contributed by atoms with Crippen molar-refractivity contribution in [3.8, 4) is 62.2 Å². The Balaban J connectivity index is 0.000000147. The summed E-state index contributed by atoms with van der Waals surface area (Å²) >= 11 is 12.1. The van der Waals surface area contributed by atoms with Gasteiger partial charge in [0.05, 0.1) is 47.8 Å². The van der Waals surface area contributed by atoms with Crippen LogP contribution in [0.5, 0.6) is 5.88 Å². The van der Waals surface area contributed by atoms with Gasteiger partial charge in [0.25, 0.3) is 6.43 Å². The zero-order valence-corrected chi connectivity index (χ0v) is 72.4. The van der Waals surface area contributed by atoms with Gasteiger partial charge in [-0.2, -0.15) is 19.9 Å². The Kier molecular flexibility index (Phi) is 33.3. The van der Waals surface area contributed by atoms with Crippen LogP contribution in [0.15, 0.2) is 261 Å². The summed E-state index contributed by atoms with van der Waals surface area (Å²) in [6.07, 6.45) is 7.36. The van der Waals surface area contributed by atoms with E-state index in [2.05, 4.69) is 185 Å². The third kappa shape index (κ3) is 27.3. The van der Waals surface area contributed by atoms with Gasteiger partial charge < -0.3 is 60.4 Å². The van der Waals surface area contributed by atoms with E-state index in [1.54, 1.807) is 55.7 Å². The van der Waals surface area contributed by atoms with E-state index in [1.165, 1.54) is 46.1 Å². The van der Waals surface area contributed by atoms with Crippen molar-refractivity contribution < 1.29 is 18.3 Å². The predicted octanol–water partition coefficient (Wildman–Crippen LogP) is 18.9. The van der Waals surface area contributed by atoms with Gasteiger partial charge in [-0.25, -0.2) is 53.6 Å². The second-order valence-corrected chi connectivity index (χ2v) is 29.6. The van der Waals surface area contributed by atoms with E-state index in [-0.39, 0.29) is 35.4 Å². The van der Waals surface area contributed by atoms with Crippen molar-refractivity contribution in [2.24, 2.45) is 0 Å². The monoisotopic (exact) mass is 1730 g/mol. The van der Waals surface area contributed by atoms with Gasteiger partial charge in [0, 0.05) is 113 Å². The molecule has 0 fully saturated rings. The van der Waals surface area contributed by atoms with Gasteiger partial charge in [-0.1, -0.05) is 230 Å². The molecule has 15 aromatic rings. The minimum Gasteiger partial charge on any atom is -0.480 e. The summed E-state index contributed by atoms with van der Waals surface area (Å²) in [5.41, 5.74) is 57.1. The van der Waals surface area contributed by atoms with E-state index in [0.717, 1.165) is 124 Å². The van der Waals surface area contributed by atoms with Crippen molar-refractivity contribution in [1.29, 1.82) is 0 Å². The van der Waals surface area contributed by atoms with Crippen molar-refractivity contribution in [3.63, 3.8) is 0 Å². The third-order valence-corrected chi connectivity index (χ3v) is 20.3. The molecule has 25 nitrogen and oxygen atoms in total. The van der Waals surface area contributed by atoms with Gasteiger partial charge in [-0.15, -0.1) is 0 Å². The molecular weight excluding hydrogens is 1630 g/mol. The van der Waals surface area contributed by atoms with Crippen molar-refractivity contribution in [1.82, 2.24) is 64.8 Å². The Labute approximate surface area is 741 Å². The quantitative estimate of drug-likeness (QED) is 0.0251. The highest BCUT2D eigenvalue weighted by atomic mass is 35.5. The first-order valence-electron chi connectivity index (χ1n) is 40.6. The molecule has 0 atom stereocenters. The number of rotatable bonds is 24. The summed E-state index contributed by atoms with van der Waals surface area (Å²) in [7, 11) is 5.08. The van der Waals surface area contributed by atoms with Gasteiger partial charge >= 0.3 is 0 Å². The maximum Gasteiger partial charge on any atom is 0.255 e. The lowest BCUT2D eigenvalue weighted by atomic mass is 9.99. The number of anilines is 10. The first-order valence-corrected chi connectivity index (χ1v) is 41.3. The van der Waals surface area contributed by atoms with Crippen molar-refractivity contribution in [3.05, 3.63) is 338 Å². The third-order valence-electron chi connectivity index (χ3n) is 19.7. The number of allylic oxidation sites excluding steroid dienone is 1. The number of aryl methyl sites for hydroxylation is 5. The lowest BCUT2D eigenvalue weighted by molar-refractivity contribution is 0.0992. The number of nitrogens with two attached hydrogens (primary N) is 6. The lowest BCUT2D eigenvalue weighted by Gasteiger charge is -2.10. The van der Waals surface area contributed by atoms with Crippen LogP contribution in [0, 0.1) is 20.8 Å². The number of carbonyl (C=O) groups excluding carboxylic acids is 1.